The summed E-state index contributed by atoms with van der Waals surface area (Å²) in [5.41, 5.74) is -0.297. The van der Waals surface area contributed by atoms with Gasteiger partial charge in [-0.1, -0.05) is 20.8 Å². The van der Waals surface area contributed by atoms with Crippen LogP contribution < -0.4 is 10.6 Å². The molecule has 10 nitrogen and oxygen atoms in total. The Hall–Kier alpha value is -1.27. The molecule has 4 rings (SSSR count). The Bertz CT molecular complexity index is 1020. The normalized spacial score (nSPS) is 42.5. The molecule has 0 radical (unpaired) electrons. The number of carbonyl (C=O) groups is 2. The van der Waals surface area contributed by atoms with Crippen molar-refractivity contribution in [1.29, 1.82) is 0 Å². The fraction of sp³-hybridized carbons (Fsp3) is 0.929. The van der Waals surface area contributed by atoms with Crippen molar-refractivity contribution < 1.29 is 37.9 Å². The molecule has 6 N–H and O–H groups in total. The van der Waals surface area contributed by atoms with E-state index in [9.17, 15) is 33.3 Å². The second-order valence-electron chi connectivity index (χ2n) is 13.5. The van der Waals surface area contributed by atoms with Crippen LogP contribution in [0, 0.1) is 46.3 Å². The zero-order valence-corrected chi connectivity index (χ0v) is 24.3. The van der Waals surface area contributed by atoms with E-state index in [2.05, 4.69) is 31.4 Å². The van der Waals surface area contributed by atoms with E-state index in [-0.39, 0.29) is 77.9 Å². The zero-order chi connectivity index (χ0) is 28.8. The molecule has 0 aromatic rings. The van der Waals surface area contributed by atoms with Gasteiger partial charge in [0.15, 0.2) is 0 Å². The number of aliphatic hydroxyl groups is 3. The summed E-state index contributed by atoms with van der Waals surface area (Å²) in [5.74, 6) is -0.0801. The van der Waals surface area contributed by atoms with Crippen molar-refractivity contribution in [3.8, 4) is 0 Å². The minimum Gasteiger partial charge on any atom is -0.393 e. The number of amides is 2. The van der Waals surface area contributed by atoms with E-state index in [1.54, 1.807) is 0 Å². The highest BCUT2D eigenvalue weighted by molar-refractivity contribution is 7.85. The van der Waals surface area contributed by atoms with Gasteiger partial charge in [-0.2, -0.15) is 8.42 Å². The Balaban J connectivity index is 1.33. The second kappa shape index (κ2) is 11.5. The van der Waals surface area contributed by atoms with Crippen LogP contribution in [0.25, 0.3) is 0 Å². The van der Waals surface area contributed by atoms with Crippen molar-refractivity contribution in [2.45, 2.75) is 96.9 Å². The summed E-state index contributed by atoms with van der Waals surface area (Å²) in [7, 11) is -4.16. The largest absolute Gasteiger partial charge is 0.393 e. The number of hydrogen-bond donors (Lipinski definition) is 6. The molecule has 4 saturated carbocycles. The summed E-state index contributed by atoms with van der Waals surface area (Å²) in [6, 6.07) is 0. The summed E-state index contributed by atoms with van der Waals surface area (Å²) in [6.45, 7) is 6.15. The zero-order valence-electron chi connectivity index (χ0n) is 23.5. The maximum atomic E-state index is 12.4. The Kier molecular flexibility index (Phi) is 9.08. The SMILES string of the molecule is CC(CCC(=O)NCC(=O)NCCS(=O)(=O)O)C1CCC2C3C(O)CC4C[C@H](O)CCC4(C)C3C[C@H](O)C12C. The molecule has 0 spiro atoms. The highest BCUT2D eigenvalue weighted by Gasteiger charge is 2.65. The quantitative estimate of drug-likeness (QED) is 0.225. The Morgan fingerprint density at radius 1 is 0.974 bits per heavy atom. The third-order valence-corrected chi connectivity index (χ3v) is 12.2. The third-order valence-electron chi connectivity index (χ3n) is 11.5. The van der Waals surface area contributed by atoms with Crippen LogP contribution in [0.3, 0.4) is 0 Å². The second-order valence-corrected chi connectivity index (χ2v) is 15.0. The fourth-order valence-electron chi connectivity index (χ4n) is 9.34. The van der Waals surface area contributed by atoms with E-state index >= 15 is 0 Å². The molecule has 0 aliphatic heterocycles. The molecular formula is C28H48N2O8S. The third kappa shape index (κ3) is 6.17. The Morgan fingerprint density at radius 2 is 1.69 bits per heavy atom. The summed E-state index contributed by atoms with van der Waals surface area (Å²) in [4.78, 5) is 24.2. The van der Waals surface area contributed by atoms with Crippen molar-refractivity contribution in [1.82, 2.24) is 10.6 Å². The van der Waals surface area contributed by atoms with E-state index in [1.165, 1.54) is 0 Å². The number of rotatable bonds is 9. The summed E-state index contributed by atoms with van der Waals surface area (Å²) >= 11 is 0. The molecule has 39 heavy (non-hydrogen) atoms. The smallest absolute Gasteiger partial charge is 0.266 e. The molecule has 4 aliphatic carbocycles. The molecular weight excluding hydrogens is 524 g/mol. The van der Waals surface area contributed by atoms with Crippen molar-refractivity contribution in [2.24, 2.45) is 46.3 Å². The van der Waals surface area contributed by atoms with Crippen LogP contribution in [0.2, 0.25) is 0 Å². The van der Waals surface area contributed by atoms with Crippen LogP contribution in [-0.2, 0) is 19.7 Å². The highest BCUT2D eigenvalue weighted by Crippen LogP contribution is 2.68. The van der Waals surface area contributed by atoms with Crippen molar-refractivity contribution in [3.05, 3.63) is 0 Å². The number of fused-ring (bicyclic) bond motifs is 5. The lowest BCUT2D eigenvalue weighted by atomic mass is 9.43. The van der Waals surface area contributed by atoms with Gasteiger partial charge in [0.2, 0.25) is 11.8 Å². The molecule has 0 saturated heterocycles. The van der Waals surface area contributed by atoms with Gasteiger partial charge in [0.05, 0.1) is 30.6 Å². The predicted octanol–water partition coefficient (Wildman–Crippen LogP) is 1.48. The molecule has 0 bridgehead atoms. The number of carbonyl (C=O) groups excluding carboxylic acids is 2. The average Bonchev–Trinajstić information content (AvgIpc) is 3.20. The van der Waals surface area contributed by atoms with E-state index in [0.717, 1.165) is 38.5 Å². The Morgan fingerprint density at radius 3 is 2.38 bits per heavy atom. The number of hydrogen-bond acceptors (Lipinski definition) is 7. The van der Waals surface area contributed by atoms with Gasteiger partial charge in [0, 0.05) is 13.0 Å². The van der Waals surface area contributed by atoms with Gasteiger partial charge in [-0.15, -0.1) is 0 Å². The minimum absolute atomic E-state index is 0.0336. The van der Waals surface area contributed by atoms with Crippen LogP contribution in [0.15, 0.2) is 0 Å². The van der Waals surface area contributed by atoms with Crippen LogP contribution >= 0.6 is 0 Å². The van der Waals surface area contributed by atoms with Gasteiger partial charge in [-0.3, -0.25) is 14.1 Å². The van der Waals surface area contributed by atoms with E-state index in [0.29, 0.717) is 12.8 Å². The lowest BCUT2D eigenvalue weighted by Crippen LogP contribution is -2.62. The van der Waals surface area contributed by atoms with Crippen LogP contribution in [0.1, 0.15) is 78.6 Å². The molecule has 9 unspecified atom stereocenters. The van der Waals surface area contributed by atoms with Gasteiger partial charge in [-0.05, 0) is 97.7 Å². The first kappa shape index (κ1) is 30.7. The van der Waals surface area contributed by atoms with Crippen molar-refractivity contribution in [3.63, 3.8) is 0 Å². The molecule has 11 atom stereocenters. The topological polar surface area (TPSA) is 173 Å². The standard InChI is InChI=1S/C28H48N2O8S/c1-16(4-7-24(34)30-15-25(35)29-10-11-39(36,37)38)19-5-6-20-26-21(14-23(33)28(19,20)3)27(2)9-8-18(31)12-17(27)13-22(26)32/h16-23,26,31-33H,4-15H2,1-3H3,(H,29,35)(H,30,34)(H,36,37,38)/t16?,17?,18-,19?,20?,21?,22?,23+,26?,27?,28?/m1/s1. The lowest BCUT2D eigenvalue weighted by molar-refractivity contribution is -0.207. The molecule has 4 fully saturated rings. The van der Waals surface area contributed by atoms with Crippen LogP contribution in [-0.4, -0.2) is 77.3 Å². The maximum Gasteiger partial charge on any atom is 0.266 e. The first-order valence-corrected chi connectivity index (χ1v) is 16.3. The molecule has 224 valence electrons. The first-order valence-electron chi connectivity index (χ1n) is 14.7. The molecule has 0 aromatic carbocycles. The van der Waals surface area contributed by atoms with Crippen molar-refractivity contribution in [2.75, 3.05) is 18.8 Å². The number of nitrogens with one attached hydrogen (secondary N) is 2. The monoisotopic (exact) mass is 572 g/mol. The minimum atomic E-state index is -4.16. The van der Waals surface area contributed by atoms with E-state index in [4.69, 9.17) is 4.55 Å². The molecule has 4 aliphatic rings. The predicted molar refractivity (Wildman–Crippen MR) is 145 cm³/mol. The average molecular weight is 573 g/mol. The van der Waals surface area contributed by atoms with Crippen LogP contribution in [0.4, 0.5) is 0 Å². The van der Waals surface area contributed by atoms with Crippen LogP contribution in [0.5, 0.6) is 0 Å². The van der Waals surface area contributed by atoms with Gasteiger partial charge in [0.1, 0.15) is 0 Å². The number of aliphatic hydroxyl groups excluding tert-OH is 3. The fourth-order valence-corrected chi connectivity index (χ4v) is 9.70. The summed E-state index contributed by atoms with van der Waals surface area (Å²) in [6.07, 6.45) is 5.44. The molecule has 2 amide bonds. The highest BCUT2D eigenvalue weighted by atomic mass is 32.2. The van der Waals surface area contributed by atoms with Gasteiger partial charge in [0.25, 0.3) is 10.1 Å². The van der Waals surface area contributed by atoms with E-state index in [1.807, 2.05) is 0 Å². The summed E-state index contributed by atoms with van der Waals surface area (Å²) in [5, 5.41) is 38.3. The summed E-state index contributed by atoms with van der Waals surface area (Å²) < 4.78 is 30.2. The Labute approximate surface area is 232 Å². The van der Waals surface area contributed by atoms with Crippen molar-refractivity contribution >= 4 is 21.9 Å². The van der Waals surface area contributed by atoms with Gasteiger partial charge in [-0.25, -0.2) is 0 Å². The molecule has 11 heteroatoms. The first-order chi connectivity index (χ1) is 18.2. The van der Waals surface area contributed by atoms with E-state index < -0.39 is 34.0 Å². The molecule has 0 aromatic heterocycles. The van der Waals surface area contributed by atoms with Gasteiger partial charge < -0.3 is 26.0 Å². The molecule has 0 heterocycles. The maximum absolute atomic E-state index is 12.4. The van der Waals surface area contributed by atoms with Gasteiger partial charge >= 0.3 is 0 Å². The lowest BCUT2D eigenvalue weighted by Gasteiger charge is -2.63.